The van der Waals surface area contributed by atoms with Crippen molar-refractivity contribution in [2.24, 2.45) is 0 Å². The van der Waals surface area contributed by atoms with Crippen molar-refractivity contribution in [1.29, 1.82) is 0 Å². The third-order valence-corrected chi connectivity index (χ3v) is 6.35. The predicted octanol–water partition coefficient (Wildman–Crippen LogP) is 5.04. The fourth-order valence-corrected chi connectivity index (χ4v) is 4.61. The summed E-state index contributed by atoms with van der Waals surface area (Å²) in [6.07, 6.45) is 2.43. The molecule has 0 N–H and O–H groups in total. The minimum Gasteiger partial charge on any atom is -0.497 e. The first-order valence-electron chi connectivity index (χ1n) is 10.0. The zero-order chi connectivity index (χ0) is 20.2. The molecule has 29 heavy (non-hydrogen) atoms. The van der Waals surface area contributed by atoms with Gasteiger partial charge in [0.1, 0.15) is 5.75 Å². The normalized spacial score (nSPS) is 16.3. The molecule has 0 aliphatic carbocycles. The van der Waals surface area contributed by atoms with E-state index in [0.717, 1.165) is 54.0 Å². The highest BCUT2D eigenvalue weighted by Gasteiger charge is 2.22. The Balaban J connectivity index is 1.61. The molecular weight excluding hydrogens is 382 g/mol. The van der Waals surface area contributed by atoms with Crippen LogP contribution in [0.25, 0.3) is 11.4 Å². The maximum atomic E-state index is 5.90. The smallest absolute Gasteiger partial charge is 0.191 e. The van der Waals surface area contributed by atoms with Gasteiger partial charge >= 0.3 is 0 Å². The average molecular weight is 410 g/mol. The Labute approximate surface area is 176 Å². The van der Waals surface area contributed by atoms with Crippen LogP contribution in [0, 0.1) is 13.8 Å². The second-order valence-electron chi connectivity index (χ2n) is 7.50. The van der Waals surface area contributed by atoms with E-state index in [1.165, 1.54) is 16.7 Å². The highest BCUT2D eigenvalue weighted by Crippen LogP contribution is 2.30. The Morgan fingerprint density at radius 2 is 1.97 bits per heavy atom. The molecule has 152 valence electrons. The Bertz CT molecular complexity index is 963. The number of hydrogen-bond donors (Lipinski definition) is 0. The van der Waals surface area contributed by atoms with E-state index >= 15 is 0 Å². The van der Waals surface area contributed by atoms with E-state index < -0.39 is 0 Å². The first-order chi connectivity index (χ1) is 14.1. The van der Waals surface area contributed by atoms with Crippen LogP contribution in [-0.4, -0.2) is 34.6 Å². The van der Waals surface area contributed by atoms with Gasteiger partial charge in [-0.25, -0.2) is 0 Å². The number of thioether (sulfide) groups is 1. The van der Waals surface area contributed by atoms with Crippen molar-refractivity contribution < 1.29 is 9.47 Å². The number of aryl methyl sites for hydroxylation is 2. The van der Waals surface area contributed by atoms with Crippen molar-refractivity contribution >= 4 is 11.8 Å². The van der Waals surface area contributed by atoms with E-state index in [2.05, 4.69) is 46.8 Å². The van der Waals surface area contributed by atoms with Crippen LogP contribution in [0.4, 0.5) is 0 Å². The zero-order valence-electron chi connectivity index (χ0n) is 17.2. The second kappa shape index (κ2) is 9.01. The van der Waals surface area contributed by atoms with Crippen molar-refractivity contribution in [3.8, 4) is 17.1 Å². The molecule has 1 aliphatic rings. The molecule has 0 spiro atoms. The van der Waals surface area contributed by atoms with Gasteiger partial charge in [0.15, 0.2) is 11.0 Å². The van der Waals surface area contributed by atoms with Crippen LogP contribution >= 0.6 is 11.8 Å². The van der Waals surface area contributed by atoms with Crippen LogP contribution in [0.1, 0.15) is 29.5 Å². The average Bonchev–Trinajstić information content (AvgIpc) is 3.39. The Morgan fingerprint density at radius 3 is 2.69 bits per heavy atom. The molecule has 1 atom stereocenters. The minimum absolute atomic E-state index is 0.225. The van der Waals surface area contributed by atoms with E-state index in [1.54, 1.807) is 18.9 Å². The van der Waals surface area contributed by atoms with Gasteiger partial charge in [0.05, 0.1) is 19.8 Å². The van der Waals surface area contributed by atoms with Crippen molar-refractivity contribution in [3.05, 3.63) is 59.2 Å². The first-order valence-corrected chi connectivity index (χ1v) is 11.0. The molecule has 0 amide bonds. The summed E-state index contributed by atoms with van der Waals surface area (Å²) >= 11 is 1.74. The molecule has 0 radical (unpaired) electrons. The molecule has 1 fully saturated rings. The quantitative estimate of drug-likeness (QED) is 0.512. The molecule has 6 heteroatoms. The summed E-state index contributed by atoms with van der Waals surface area (Å²) in [5.74, 6) is 2.59. The first kappa shape index (κ1) is 20.0. The predicted molar refractivity (Wildman–Crippen MR) is 116 cm³/mol. The number of hydrogen-bond acceptors (Lipinski definition) is 5. The van der Waals surface area contributed by atoms with Gasteiger partial charge in [0.2, 0.25) is 0 Å². The molecule has 1 aromatic heterocycles. The molecule has 0 bridgehead atoms. The van der Waals surface area contributed by atoms with Gasteiger partial charge in [0.25, 0.3) is 0 Å². The summed E-state index contributed by atoms with van der Waals surface area (Å²) in [6, 6.07) is 14.6. The molecule has 1 aliphatic heterocycles. The van der Waals surface area contributed by atoms with Crippen molar-refractivity contribution in [3.63, 3.8) is 0 Å². The number of benzene rings is 2. The monoisotopic (exact) mass is 409 g/mol. The summed E-state index contributed by atoms with van der Waals surface area (Å²) < 4.78 is 13.4. The summed E-state index contributed by atoms with van der Waals surface area (Å²) in [6.45, 7) is 5.92. The van der Waals surface area contributed by atoms with Gasteiger partial charge in [-0.3, -0.25) is 4.57 Å². The lowest BCUT2D eigenvalue weighted by Crippen LogP contribution is -2.16. The zero-order valence-corrected chi connectivity index (χ0v) is 18.0. The highest BCUT2D eigenvalue weighted by molar-refractivity contribution is 7.98. The van der Waals surface area contributed by atoms with E-state index in [-0.39, 0.29) is 6.10 Å². The molecule has 3 aromatic rings. The van der Waals surface area contributed by atoms with Gasteiger partial charge in [-0.05, 0) is 62.1 Å². The number of aromatic nitrogens is 3. The lowest BCUT2D eigenvalue weighted by Gasteiger charge is -2.15. The van der Waals surface area contributed by atoms with Gasteiger partial charge in [-0.1, -0.05) is 35.5 Å². The van der Waals surface area contributed by atoms with Gasteiger partial charge in [-0.2, -0.15) is 0 Å². The summed E-state index contributed by atoms with van der Waals surface area (Å²) in [4.78, 5) is 0. The third-order valence-electron chi connectivity index (χ3n) is 5.34. The number of ether oxygens (including phenoxy) is 2. The molecule has 5 nitrogen and oxygen atoms in total. The standard InChI is InChI=1S/C23H27N3O2S/c1-16-6-7-17(2)19(13-16)15-29-23-25-24-22(18-8-10-20(27-3)11-9-18)26(23)14-21-5-4-12-28-21/h6-11,13,21H,4-5,12,14-15H2,1-3H3. The maximum absolute atomic E-state index is 5.90. The third kappa shape index (κ3) is 4.65. The van der Waals surface area contributed by atoms with Crippen LogP contribution in [-0.2, 0) is 17.0 Å². The summed E-state index contributed by atoms with van der Waals surface area (Å²) in [5, 5.41) is 10.0. The molecular formula is C23H27N3O2S. The van der Waals surface area contributed by atoms with E-state index in [0.29, 0.717) is 0 Å². The lowest BCUT2D eigenvalue weighted by molar-refractivity contribution is 0.0953. The summed E-state index contributed by atoms with van der Waals surface area (Å²) in [5.41, 5.74) is 4.97. The Morgan fingerprint density at radius 1 is 1.14 bits per heavy atom. The number of nitrogens with zero attached hydrogens (tertiary/aromatic N) is 3. The fourth-order valence-electron chi connectivity index (χ4n) is 3.60. The molecule has 0 saturated carbocycles. The number of rotatable bonds is 7. The largest absolute Gasteiger partial charge is 0.497 e. The SMILES string of the molecule is COc1ccc(-c2nnc(SCc3cc(C)ccc3C)n2CC2CCCO2)cc1. The van der Waals surface area contributed by atoms with Crippen molar-refractivity contribution in [1.82, 2.24) is 14.8 Å². The Hall–Kier alpha value is -2.31. The van der Waals surface area contributed by atoms with Crippen molar-refractivity contribution in [2.45, 2.75) is 50.2 Å². The molecule has 1 saturated heterocycles. The number of methoxy groups -OCH3 is 1. The van der Waals surface area contributed by atoms with Gasteiger partial charge in [-0.15, -0.1) is 10.2 Å². The minimum atomic E-state index is 0.225. The molecule has 4 rings (SSSR count). The van der Waals surface area contributed by atoms with Crippen LogP contribution in [0.15, 0.2) is 47.6 Å². The van der Waals surface area contributed by atoms with Crippen LogP contribution in [0.3, 0.4) is 0 Å². The molecule has 2 aromatic carbocycles. The van der Waals surface area contributed by atoms with E-state index in [1.807, 2.05) is 24.3 Å². The highest BCUT2D eigenvalue weighted by atomic mass is 32.2. The van der Waals surface area contributed by atoms with Crippen LogP contribution in [0.5, 0.6) is 5.75 Å². The van der Waals surface area contributed by atoms with Crippen LogP contribution in [0.2, 0.25) is 0 Å². The molecule has 1 unspecified atom stereocenters. The van der Waals surface area contributed by atoms with Crippen molar-refractivity contribution in [2.75, 3.05) is 13.7 Å². The topological polar surface area (TPSA) is 49.2 Å². The second-order valence-corrected chi connectivity index (χ2v) is 8.44. The van der Waals surface area contributed by atoms with Gasteiger partial charge < -0.3 is 9.47 Å². The van der Waals surface area contributed by atoms with Crippen LogP contribution < -0.4 is 4.74 Å². The summed E-state index contributed by atoms with van der Waals surface area (Å²) in [7, 11) is 1.68. The Kier molecular flexibility index (Phi) is 6.21. The lowest BCUT2D eigenvalue weighted by atomic mass is 10.1. The van der Waals surface area contributed by atoms with E-state index in [9.17, 15) is 0 Å². The van der Waals surface area contributed by atoms with E-state index in [4.69, 9.17) is 9.47 Å². The fraction of sp³-hybridized carbons (Fsp3) is 0.391. The maximum Gasteiger partial charge on any atom is 0.191 e. The van der Waals surface area contributed by atoms with Gasteiger partial charge in [0, 0.05) is 17.9 Å². The molecule has 2 heterocycles.